The molecule has 2 aromatic carbocycles. The van der Waals surface area contributed by atoms with Gasteiger partial charge in [-0.05, 0) is 42.2 Å². The maximum atomic E-state index is 12.1. The molecule has 0 atom stereocenters. The molecule has 1 N–H and O–H groups in total. The minimum atomic E-state index is -0.0312. The summed E-state index contributed by atoms with van der Waals surface area (Å²) in [6.45, 7) is 3.68. The van der Waals surface area contributed by atoms with Crippen molar-refractivity contribution in [3.05, 3.63) is 58.1 Å². The fourth-order valence-electron chi connectivity index (χ4n) is 2.74. The summed E-state index contributed by atoms with van der Waals surface area (Å²) >= 11 is 6.20. The number of ether oxygens (including phenoxy) is 2. The molecule has 0 radical (unpaired) electrons. The number of aryl methyl sites for hydroxylation is 1. The molecule has 24 heavy (non-hydrogen) atoms. The van der Waals surface area contributed by atoms with Crippen LogP contribution in [0.3, 0.4) is 0 Å². The van der Waals surface area contributed by atoms with Crippen molar-refractivity contribution in [2.24, 2.45) is 0 Å². The Morgan fingerprint density at radius 3 is 2.83 bits per heavy atom. The van der Waals surface area contributed by atoms with Crippen molar-refractivity contribution >= 4 is 17.5 Å². The Kier molecular flexibility index (Phi) is 5.26. The molecule has 1 amide bonds. The van der Waals surface area contributed by atoms with E-state index < -0.39 is 0 Å². The van der Waals surface area contributed by atoms with Gasteiger partial charge in [-0.15, -0.1) is 0 Å². The van der Waals surface area contributed by atoms with Crippen molar-refractivity contribution in [3.63, 3.8) is 0 Å². The van der Waals surface area contributed by atoms with Crippen LogP contribution < -0.4 is 14.8 Å². The summed E-state index contributed by atoms with van der Waals surface area (Å²) in [6.07, 6.45) is 1.09. The number of halogens is 1. The van der Waals surface area contributed by atoms with E-state index in [1.807, 2.05) is 18.2 Å². The highest BCUT2D eigenvalue weighted by Crippen LogP contribution is 2.38. The van der Waals surface area contributed by atoms with Gasteiger partial charge < -0.3 is 14.8 Å². The molecule has 0 bridgehead atoms. The Bertz CT molecular complexity index is 745. The molecule has 126 valence electrons. The number of hydrogen-bond donors (Lipinski definition) is 1. The fourth-order valence-corrected chi connectivity index (χ4v) is 3.03. The molecule has 0 unspecified atom stereocenters. The summed E-state index contributed by atoms with van der Waals surface area (Å²) < 4.78 is 11.0. The molecule has 0 aromatic heterocycles. The number of nitrogens with one attached hydrogen (secondary N) is 1. The van der Waals surface area contributed by atoms with E-state index in [1.165, 1.54) is 11.1 Å². The summed E-state index contributed by atoms with van der Waals surface area (Å²) in [7, 11) is 0. The predicted molar refractivity (Wildman–Crippen MR) is 94.0 cm³/mol. The van der Waals surface area contributed by atoms with Crippen LogP contribution in [-0.2, 0) is 17.6 Å². The number of carbonyl (C=O) groups is 1. The lowest BCUT2D eigenvalue weighted by atomic mass is 10.1. The minimum absolute atomic E-state index is 0.0312. The van der Waals surface area contributed by atoms with Crippen molar-refractivity contribution in [2.75, 3.05) is 19.8 Å². The third-order valence-electron chi connectivity index (χ3n) is 4.00. The predicted octanol–water partition coefficient (Wildman–Crippen LogP) is 3.32. The van der Waals surface area contributed by atoms with Gasteiger partial charge in [0, 0.05) is 6.54 Å². The number of amides is 1. The molecule has 3 rings (SSSR count). The molecule has 5 heteroatoms. The first-order valence-electron chi connectivity index (χ1n) is 8.02. The average molecular weight is 346 g/mol. The summed E-state index contributed by atoms with van der Waals surface area (Å²) in [4.78, 5) is 12.1. The lowest BCUT2D eigenvalue weighted by Crippen LogP contribution is -2.27. The van der Waals surface area contributed by atoms with Crippen LogP contribution in [0.25, 0.3) is 0 Å². The van der Waals surface area contributed by atoms with Gasteiger partial charge in [0.1, 0.15) is 13.2 Å². The lowest BCUT2D eigenvalue weighted by molar-refractivity contribution is -0.120. The van der Waals surface area contributed by atoms with Gasteiger partial charge in [0.2, 0.25) is 5.91 Å². The third-order valence-corrected chi connectivity index (χ3v) is 4.28. The molecule has 1 heterocycles. The van der Waals surface area contributed by atoms with Gasteiger partial charge in [-0.3, -0.25) is 4.79 Å². The van der Waals surface area contributed by atoms with E-state index in [2.05, 4.69) is 24.4 Å². The van der Waals surface area contributed by atoms with E-state index >= 15 is 0 Å². The Hall–Kier alpha value is -2.20. The second-order valence-electron chi connectivity index (χ2n) is 5.81. The van der Waals surface area contributed by atoms with Crippen molar-refractivity contribution < 1.29 is 14.3 Å². The van der Waals surface area contributed by atoms with E-state index in [4.69, 9.17) is 21.1 Å². The molecule has 0 fully saturated rings. The summed E-state index contributed by atoms with van der Waals surface area (Å²) in [5.74, 6) is 1.14. The SMILES string of the molecule is Cc1ccccc1CCNC(=O)Cc1cc(Cl)c2c(c1)OCCO2. The Balaban J connectivity index is 1.55. The second kappa shape index (κ2) is 7.58. The lowest BCUT2D eigenvalue weighted by Gasteiger charge is -2.20. The molecule has 4 nitrogen and oxygen atoms in total. The highest BCUT2D eigenvalue weighted by atomic mass is 35.5. The van der Waals surface area contributed by atoms with Crippen molar-refractivity contribution in [3.8, 4) is 11.5 Å². The van der Waals surface area contributed by atoms with Crippen molar-refractivity contribution in [2.45, 2.75) is 19.8 Å². The zero-order chi connectivity index (χ0) is 16.9. The molecule has 1 aliphatic rings. The zero-order valence-electron chi connectivity index (χ0n) is 13.6. The van der Waals surface area contributed by atoms with Gasteiger partial charge in [-0.1, -0.05) is 35.9 Å². The van der Waals surface area contributed by atoms with Crippen LogP contribution in [0.1, 0.15) is 16.7 Å². The minimum Gasteiger partial charge on any atom is -0.486 e. The van der Waals surface area contributed by atoms with Gasteiger partial charge >= 0.3 is 0 Å². The molecule has 0 aliphatic carbocycles. The van der Waals surface area contributed by atoms with E-state index in [0.29, 0.717) is 36.3 Å². The van der Waals surface area contributed by atoms with E-state index in [1.54, 1.807) is 6.07 Å². The first kappa shape index (κ1) is 16.7. The second-order valence-corrected chi connectivity index (χ2v) is 6.21. The van der Waals surface area contributed by atoms with Crippen LogP contribution in [0, 0.1) is 6.92 Å². The van der Waals surface area contributed by atoms with Crippen LogP contribution in [0.2, 0.25) is 5.02 Å². The van der Waals surface area contributed by atoms with Crippen LogP contribution in [0.5, 0.6) is 11.5 Å². The van der Waals surface area contributed by atoms with Crippen molar-refractivity contribution in [1.29, 1.82) is 0 Å². The largest absolute Gasteiger partial charge is 0.486 e. The number of carbonyl (C=O) groups excluding carboxylic acids is 1. The Morgan fingerprint density at radius 1 is 1.21 bits per heavy atom. The van der Waals surface area contributed by atoms with E-state index in [0.717, 1.165) is 12.0 Å². The van der Waals surface area contributed by atoms with Crippen LogP contribution in [-0.4, -0.2) is 25.7 Å². The highest BCUT2D eigenvalue weighted by molar-refractivity contribution is 6.32. The molecule has 0 saturated carbocycles. The first-order chi connectivity index (χ1) is 11.6. The van der Waals surface area contributed by atoms with Crippen LogP contribution in [0.4, 0.5) is 0 Å². The van der Waals surface area contributed by atoms with Crippen LogP contribution in [0.15, 0.2) is 36.4 Å². The topological polar surface area (TPSA) is 47.6 Å². The highest BCUT2D eigenvalue weighted by Gasteiger charge is 2.17. The van der Waals surface area contributed by atoms with Gasteiger partial charge in [0.15, 0.2) is 11.5 Å². The summed E-state index contributed by atoms with van der Waals surface area (Å²) in [6, 6.07) is 11.8. The first-order valence-corrected chi connectivity index (χ1v) is 8.40. The molecular formula is C19H20ClNO3. The van der Waals surface area contributed by atoms with Crippen LogP contribution >= 0.6 is 11.6 Å². The van der Waals surface area contributed by atoms with E-state index in [9.17, 15) is 4.79 Å². The third kappa shape index (κ3) is 4.01. The van der Waals surface area contributed by atoms with Gasteiger partial charge in [-0.2, -0.15) is 0 Å². The zero-order valence-corrected chi connectivity index (χ0v) is 14.4. The molecule has 1 aliphatic heterocycles. The van der Waals surface area contributed by atoms with Gasteiger partial charge in [-0.25, -0.2) is 0 Å². The van der Waals surface area contributed by atoms with Gasteiger partial charge in [0.25, 0.3) is 0 Å². The summed E-state index contributed by atoms with van der Waals surface area (Å²) in [5.41, 5.74) is 3.31. The molecule has 2 aromatic rings. The number of fused-ring (bicyclic) bond motifs is 1. The molecule has 0 spiro atoms. The smallest absolute Gasteiger partial charge is 0.224 e. The number of rotatable bonds is 5. The fraction of sp³-hybridized carbons (Fsp3) is 0.316. The average Bonchev–Trinajstić information content (AvgIpc) is 2.57. The normalized spacial score (nSPS) is 12.8. The quantitative estimate of drug-likeness (QED) is 0.904. The van der Waals surface area contributed by atoms with Crippen molar-refractivity contribution in [1.82, 2.24) is 5.32 Å². The number of hydrogen-bond acceptors (Lipinski definition) is 3. The van der Waals surface area contributed by atoms with E-state index in [-0.39, 0.29) is 12.3 Å². The molecular weight excluding hydrogens is 326 g/mol. The Morgan fingerprint density at radius 2 is 2.00 bits per heavy atom. The standard InChI is InChI=1S/C19H20ClNO3/c1-13-4-2-3-5-15(13)6-7-21-18(22)12-14-10-16(20)19-17(11-14)23-8-9-24-19/h2-5,10-11H,6-9,12H2,1H3,(H,21,22). The number of benzene rings is 2. The maximum Gasteiger partial charge on any atom is 0.224 e. The molecule has 0 saturated heterocycles. The van der Waals surface area contributed by atoms with Gasteiger partial charge in [0.05, 0.1) is 11.4 Å². The Labute approximate surface area is 146 Å². The maximum absolute atomic E-state index is 12.1. The monoisotopic (exact) mass is 345 g/mol. The summed E-state index contributed by atoms with van der Waals surface area (Å²) in [5, 5.41) is 3.43.